The summed E-state index contributed by atoms with van der Waals surface area (Å²) < 4.78 is 82.8. The monoisotopic (exact) mass is 529 g/mol. The SMILES string of the molecule is C=NC(=N/C=C\C)c1cn(C)nc1C(=O)N1CC(F)(F)C[C@@H](C)C1CNc1cc(F)c(C(F)(F)F)cn1. The fourth-order valence-corrected chi connectivity index (χ4v) is 4.11. The van der Waals surface area contributed by atoms with Crippen LogP contribution in [0.5, 0.6) is 0 Å². The van der Waals surface area contributed by atoms with Crippen LogP contribution in [0.25, 0.3) is 0 Å². The molecule has 1 aliphatic rings. The van der Waals surface area contributed by atoms with Gasteiger partial charge in [0.25, 0.3) is 11.8 Å². The van der Waals surface area contributed by atoms with E-state index in [0.717, 1.165) is 4.90 Å². The second-order valence-corrected chi connectivity index (χ2v) is 8.62. The number of anilines is 1. The number of hydrogen-bond acceptors (Lipinski definition) is 5. The van der Waals surface area contributed by atoms with Crippen molar-refractivity contribution in [3.63, 3.8) is 0 Å². The van der Waals surface area contributed by atoms with E-state index in [0.29, 0.717) is 12.3 Å². The zero-order valence-corrected chi connectivity index (χ0v) is 20.2. The predicted octanol–water partition coefficient (Wildman–Crippen LogP) is 4.55. The standard InChI is InChI=1S/C23H25F6N7O/c1-5-6-31-20(30-3)14-11-35(4)34-19(14)21(37)36-12-22(25,26)8-13(2)17(36)10-33-18-7-16(24)15(9-32-18)23(27,28)29/h5-7,9,11,13,17H,3,8,10,12H2,1-2,4H3,(H,32,33)/b6-5-,31-20?/t13-,17?/m1/s1. The van der Waals surface area contributed by atoms with Gasteiger partial charge in [-0.05, 0) is 19.6 Å². The highest BCUT2D eigenvalue weighted by atomic mass is 19.4. The first kappa shape index (κ1) is 27.9. The van der Waals surface area contributed by atoms with Gasteiger partial charge in [0, 0.05) is 44.7 Å². The van der Waals surface area contributed by atoms with Crippen LogP contribution in [0.4, 0.5) is 32.2 Å². The largest absolute Gasteiger partial charge is 0.420 e. The number of nitrogens with one attached hydrogen (secondary N) is 1. The Hall–Kier alpha value is -3.71. The van der Waals surface area contributed by atoms with Crippen LogP contribution in [-0.4, -0.2) is 63.2 Å². The van der Waals surface area contributed by atoms with E-state index in [4.69, 9.17) is 0 Å². The van der Waals surface area contributed by atoms with Crippen molar-refractivity contribution < 1.29 is 31.1 Å². The number of carbonyl (C=O) groups is 1. The summed E-state index contributed by atoms with van der Waals surface area (Å²) in [6.07, 6.45) is -0.612. The Labute approximate surface area is 208 Å². The number of aromatic nitrogens is 3. The molecule has 1 fully saturated rings. The number of amidine groups is 1. The van der Waals surface area contributed by atoms with Gasteiger partial charge >= 0.3 is 6.18 Å². The minimum absolute atomic E-state index is 0.0606. The van der Waals surface area contributed by atoms with Gasteiger partial charge in [-0.15, -0.1) is 0 Å². The average molecular weight is 529 g/mol. The number of allylic oxidation sites excluding steroid dienone is 1. The number of alkyl halides is 5. The van der Waals surface area contributed by atoms with Crippen molar-refractivity contribution in [2.24, 2.45) is 23.0 Å². The smallest absolute Gasteiger partial charge is 0.368 e. The molecule has 200 valence electrons. The van der Waals surface area contributed by atoms with Crippen LogP contribution in [0.1, 0.15) is 41.9 Å². The Kier molecular flexibility index (Phi) is 8.08. The Morgan fingerprint density at radius 3 is 2.68 bits per heavy atom. The molecular weight excluding hydrogens is 504 g/mol. The van der Waals surface area contributed by atoms with Gasteiger partial charge in [0.05, 0.1) is 18.2 Å². The molecule has 1 aliphatic heterocycles. The van der Waals surface area contributed by atoms with E-state index < -0.39 is 54.3 Å². The molecule has 3 heterocycles. The quantitative estimate of drug-likeness (QED) is 0.338. The number of aryl methyl sites for hydroxylation is 1. The van der Waals surface area contributed by atoms with Crippen LogP contribution < -0.4 is 5.32 Å². The molecule has 0 aliphatic carbocycles. The van der Waals surface area contributed by atoms with Gasteiger partial charge in [-0.2, -0.15) is 18.3 Å². The van der Waals surface area contributed by atoms with Crippen LogP contribution in [0, 0.1) is 11.7 Å². The predicted molar refractivity (Wildman–Crippen MR) is 125 cm³/mol. The van der Waals surface area contributed by atoms with Crippen molar-refractivity contribution in [3.05, 3.63) is 53.4 Å². The zero-order valence-electron chi connectivity index (χ0n) is 20.2. The van der Waals surface area contributed by atoms with Gasteiger partial charge in [0.1, 0.15) is 17.2 Å². The number of pyridine rings is 1. The third kappa shape index (κ3) is 6.35. The molecule has 1 unspecified atom stereocenters. The number of carbonyl (C=O) groups excluding carboxylic acids is 1. The second kappa shape index (κ2) is 10.7. The van der Waals surface area contributed by atoms with Crippen LogP contribution in [-0.2, 0) is 13.2 Å². The molecule has 2 aromatic rings. The third-order valence-corrected chi connectivity index (χ3v) is 5.76. The first-order valence-electron chi connectivity index (χ1n) is 11.1. The molecule has 37 heavy (non-hydrogen) atoms. The third-order valence-electron chi connectivity index (χ3n) is 5.76. The number of rotatable bonds is 6. The van der Waals surface area contributed by atoms with E-state index in [1.54, 1.807) is 13.0 Å². The molecule has 0 saturated carbocycles. The van der Waals surface area contributed by atoms with Crippen molar-refractivity contribution in [1.82, 2.24) is 19.7 Å². The van der Waals surface area contributed by atoms with E-state index in [9.17, 15) is 31.1 Å². The van der Waals surface area contributed by atoms with Crippen molar-refractivity contribution >= 4 is 24.3 Å². The summed E-state index contributed by atoms with van der Waals surface area (Å²) in [6, 6.07) is -0.282. The number of aliphatic imine (C=N–C) groups is 2. The Balaban J connectivity index is 1.92. The molecule has 0 spiro atoms. The minimum Gasteiger partial charge on any atom is -0.368 e. The van der Waals surface area contributed by atoms with Gasteiger partial charge in [-0.1, -0.05) is 13.0 Å². The van der Waals surface area contributed by atoms with Crippen molar-refractivity contribution in [2.45, 2.75) is 38.4 Å². The molecule has 1 N–H and O–H groups in total. The molecule has 1 amide bonds. The maximum Gasteiger partial charge on any atom is 0.420 e. The van der Waals surface area contributed by atoms with Gasteiger partial charge in [0.2, 0.25) is 0 Å². The topological polar surface area (TPSA) is 87.8 Å². The van der Waals surface area contributed by atoms with E-state index in [1.807, 2.05) is 0 Å². The number of hydrogen-bond donors (Lipinski definition) is 1. The number of halogens is 6. The normalized spacial score (nSPS) is 20.4. The fraction of sp³-hybridized carbons (Fsp3) is 0.435. The lowest BCUT2D eigenvalue weighted by Gasteiger charge is -2.43. The van der Waals surface area contributed by atoms with Crippen molar-refractivity contribution in [3.8, 4) is 0 Å². The fourth-order valence-electron chi connectivity index (χ4n) is 4.11. The molecule has 1 saturated heterocycles. The maximum absolute atomic E-state index is 14.6. The lowest BCUT2D eigenvalue weighted by Crippen LogP contribution is -2.57. The molecule has 14 heteroatoms. The Morgan fingerprint density at radius 2 is 2.08 bits per heavy atom. The van der Waals surface area contributed by atoms with Crippen LogP contribution >= 0.6 is 0 Å². The van der Waals surface area contributed by atoms with Crippen LogP contribution in [0.2, 0.25) is 0 Å². The lowest BCUT2D eigenvalue weighted by atomic mass is 9.88. The summed E-state index contributed by atoms with van der Waals surface area (Å²) in [5.74, 6) is -6.47. The number of likely N-dealkylation sites (tertiary alicyclic amines) is 1. The highest BCUT2D eigenvalue weighted by Gasteiger charge is 2.47. The van der Waals surface area contributed by atoms with E-state index in [2.05, 4.69) is 32.1 Å². The lowest BCUT2D eigenvalue weighted by molar-refractivity contribution is -0.140. The van der Waals surface area contributed by atoms with Crippen molar-refractivity contribution in [2.75, 3.05) is 18.4 Å². The van der Waals surface area contributed by atoms with Crippen LogP contribution in [0.15, 0.2) is 40.7 Å². The second-order valence-electron chi connectivity index (χ2n) is 8.62. The Morgan fingerprint density at radius 1 is 1.38 bits per heavy atom. The summed E-state index contributed by atoms with van der Waals surface area (Å²) in [7, 11) is 1.54. The van der Waals surface area contributed by atoms with E-state index >= 15 is 0 Å². The van der Waals surface area contributed by atoms with Gasteiger partial charge < -0.3 is 10.2 Å². The summed E-state index contributed by atoms with van der Waals surface area (Å²) >= 11 is 0. The summed E-state index contributed by atoms with van der Waals surface area (Å²) in [4.78, 5) is 26.0. The first-order chi connectivity index (χ1) is 17.3. The first-order valence-corrected chi connectivity index (χ1v) is 11.1. The summed E-state index contributed by atoms with van der Waals surface area (Å²) in [5.41, 5.74) is -1.53. The highest BCUT2D eigenvalue weighted by Crippen LogP contribution is 2.36. The Bertz CT molecular complexity index is 1220. The molecule has 8 nitrogen and oxygen atoms in total. The maximum atomic E-state index is 14.6. The zero-order chi connectivity index (χ0) is 27.5. The van der Waals surface area contributed by atoms with E-state index in [-0.39, 0.29) is 29.5 Å². The number of nitrogens with zero attached hydrogens (tertiary/aromatic N) is 6. The van der Waals surface area contributed by atoms with E-state index in [1.165, 1.54) is 31.1 Å². The molecule has 2 aromatic heterocycles. The summed E-state index contributed by atoms with van der Waals surface area (Å²) in [6.45, 7) is 5.57. The van der Waals surface area contributed by atoms with Crippen molar-refractivity contribution in [1.29, 1.82) is 0 Å². The number of amides is 1. The minimum atomic E-state index is -4.92. The number of piperidine rings is 1. The highest BCUT2D eigenvalue weighted by molar-refractivity contribution is 6.09. The van der Waals surface area contributed by atoms with Crippen LogP contribution in [0.3, 0.4) is 0 Å². The molecule has 0 bridgehead atoms. The molecular formula is C23H25F6N7O. The van der Waals surface area contributed by atoms with Gasteiger partial charge in [-0.25, -0.2) is 28.1 Å². The molecule has 0 radical (unpaired) electrons. The molecule has 2 atom stereocenters. The molecule has 0 aromatic carbocycles. The average Bonchev–Trinajstić information content (AvgIpc) is 3.18. The van der Waals surface area contributed by atoms with Gasteiger partial charge in [0.15, 0.2) is 11.5 Å². The summed E-state index contributed by atoms with van der Waals surface area (Å²) in [5, 5.41) is 6.80. The van der Waals surface area contributed by atoms with Gasteiger partial charge in [-0.3, -0.25) is 9.48 Å². The molecule has 3 rings (SSSR count).